The Balaban J connectivity index is 1.48. The smallest absolute Gasteiger partial charge is 0.242 e. The quantitative estimate of drug-likeness (QED) is 0.592. The predicted octanol–water partition coefficient (Wildman–Crippen LogP) is 4.57. The molecule has 6 heteroatoms. The van der Waals surface area contributed by atoms with E-state index in [1.54, 1.807) is 0 Å². The molecule has 0 radical (unpaired) electrons. The van der Waals surface area contributed by atoms with Crippen molar-refractivity contribution in [1.82, 2.24) is 14.5 Å². The van der Waals surface area contributed by atoms with Gasteiger partial charge in [0.05, 0.1) is 11.0 Å². The SMILES string of the molecule is Cc1ccc(C)c(N2CC(c3nc4ccccc4n3CC(=O)N3CCCCC3C)CC2=O)c1. The van der Waals surface area contributed by atoms with Gasteiger partial charge in [0.1, 0.15) is 12.4 Å². The molecule has 0 bridgehead atoms. The number of carbonyl (C=O) groups excluding carboxylic acids is 2. The number of aromatic nitrogens is 2. The molecule has 2 aliphatic rings. The zero-order valence-corrected chi connectivity index (χ0v) is 19.8. The molecule has 2 saturated heterocycles. The Labute approximate surface area is 195 Å². The van der Waals surface area contributed by atoms with Crippen LogP contribution in [-0.2, 0) is 16.1 Å². The van der Waals surface area contributed by atoms with Gasteiger partial charge in [-0.25, -0.2) is 4.98 Å². The van der Waals surface area contributed by atoms with Gasteiger partial charge in [0.15, 0.2) is 0 Å². The van der Waals surface area contributed by atoms with Gasteiger partial charge in [0, 0.05) is 37.2 Å². The minimum atomic E-state index is -0.0450. The molecule has 0 aliphatic carbocycles. The number of nitrogens with zero attached hydrogens (tertiary/aromatic N) is 4. The van der Waals surface area contributed by atoms with E-state index in [4.69, 9.17) is 4.98 Å². The minimum absolute atomic E-state index is 0.0450. The van der Waals surface area contributed by atoms with Crippen LogP contribution in [0.1, 0.15) is 55.5 Å². The number of benzene rings is 2. The Hall–Kier alpha value is -3.15. The van der Waals surface area contributed by atoms with Crippen LogP contribution in [0.4, 0.5) is 5.69 Å². The number of para-hydroxylation sites is 2. The second-order valence-electron chi connectivity index (χ2n) is 9.67. The van der Waals surface area contributed by atoms with Gasteiger partial charge in [-0.2, -0.15) is 0 Å². The molecule has 1 aromatic heterocycles. The molecule has 2 amide bonds. The summed E-state index contributed by atoms with van der Waals surface area (Å²) in [5.41, 5.74) is 5.05. The molecule has 172 valence electrons. The van der Waals surface area contributed by atoms with Gasteiger partial charge >= 0.3 is 0 Å². The zero-order chi connectivity index (χ0) is 23.1. The maximum absolute atomic E-state index is 13.3. The highest BCUT2D eigenvalue weighted by atomic mass is 16.2. The molecule has 0 spiro atoms. The molecule has 0 N–H and O–H groups in total. The van der Waals surface area contributed by atoms with E-state index < -0.39 is 0 Å². The van der Waals surface area contributed by atoms with Crippen molar-refractivity contribution in [3.05, 3.63) is 59.4 Å². The average Bonchev–Trinajstić information content (AvgIpc) is 3.36. The molecule has 33 heavy (non-hydrogen) atoms. The number of imidazole rings is 1. The van der Waals surface area contributed by atoms with E-state index in [1.807, 2.05) is 47.9 Å². The lowest BCUT2D eigenvalue weighted by Gasteiger charge is -2.33. The third-order valence-corrected chi connectivity index (χ3v) is 7.25. The third kappa shape index (κ3) is 4.03. The maximum atomic E-state index is 13.3. The van der Waals surface area contributed by atoms with Crippen molar-refractivity contribution in [3.63, 3.8) is 0 Å². The summed E-state index contributed by atoms with van der Waals surface area (Å²) in [6, 6.07) is 14.5. The summed E-state index contributed by atoms with van der Waals surface area (Å²) in [6.45, 7) is 7.91. The molecular formula is C27H32N4O2. The summed E-state index contributed by atoms with van der Waals surface area (Å²) in [6.07, 6.45) is 3.72. The number of piperidine rings is 1. The lowest BCUT2D eigenvalue weighted by atomic mass is 10.0. The van der Waals surface area contributed by atoms with E-state index in [2.05, 4.69) is 29.7 Å². The van der Waals surface area contributed by atoms with Gasteiger partial charge in [-0.1, -0.05) is 24.3 Å². The number of hydrogen-bond donors (Lipinski definition) is 0. The Morgan fingerprint density at radius 3 is 2.76 bits per heavy atom. The molecule has 0 saturated carbocycles. The normalized spacial score (nSPS) is 21.2. The summed E-state index contributed by atoms with van der Waals surface area (Å²) in [4.78, 5) is 35.2. The largest absolute Gasteiger partial charge is 0.338 e. The van der Waals surface area contributed by atoms with Crippen molar-refractivity contribution >= 4 is 28.5 Å². The van der Waals surface area contributed by atoms with Crippen LogP contribution in [0.15, 0.2) is 42.5 Å². The Kier molecular flexibility index (Phi) is 5.69. The number of fused-ring (bicyclic) bond motifs is 1. The van der Waals surface area contributed by atoms with E-state index >= 15 is 0 Å². The van der Waals surface area contributed by atoms with Crippen molar-refractivity contribution in [2.75, 3.05) is 18.0 Å². The van der Waals surface area contributed by atoms with Crippen LogP contribution in [0.25, 0.3) is 11.0 Å². The Morgan fingerprint density at radius 2 is 1.94 bits per heavy atom. The first-order valence-corrected chi connectivity index (χ1v) is 12.0. The highest BCUT2D eigenvalue weighted by Gasteiger charge is 2.36. The maximum Gasteiger partial charge on any atom is 0.242 e. The van der Waals surface area contributed by atoms with Crippen molar-refractivity contribution in [1.29, 1.82) is 0 Å². The lowest BCUT2D eigenvalue weighted by Crippen LogP contribution is -2.43. The summed E-state index contributed by atoms with van der Waals surface area (Å²) < 4.78 is 2.06. The van der Waals surface area contributed by atoms with Crippen LogP contribution >= 0.6 is 0 Å². The van der Waals surface area contributed by atoms with Gasteiger partial charge in [0.2, 0.25) is 11.8 Å². The highest BCUT2D eigenvalue weighted by Crippen LogP contribution is 2.35. The first-order chi connectivity index (χ1) is 15.9. The van der Waals surface area contributed by atoms with Gasteiger partial charge in [0.25, 0.3) is 0 Å². The van der Waals surface area contributed by atoms with E-state index in [-0.39, 0.29) is 30.3 Å². The first kappa shape index (κ1) is 21.7. The van der Waals surface area contributed by atoms with Gasteiger partial charge in [-0.3, -0.25) is 9.59 Å². The fourth-order valence-corrected chi connectivity index (χ4v) is 5.39. The van der Waals surface area contributed by atoms with Crippen LogP contribution in [-0.4, -0.2) is 45.4 Å². The fraction of sp³-hybridized carbons (Fsp3) is 0.444. The lowest BCUT2D eigenvalue weighted by molar-refractivity contribution is -0.135. The van der Waals surface area contributed by atoms with Crippen molar-refractivity contribution in [3.8, 4) is 0 Å². The summed E-state index contributed by atoms with van der Waals surface area (Å²) in [7, 11) is 0. The second-order valence-corrected chi connectivity index (χ2v) is 9.67. The number of aryl methyl sites for hydroxylation is 2. The topological polar surface area (TPSA) is 58.4 Å². The van der Waals surface area contributed by atoms with Crippen molar-refractivity contribution in [2.45, 2.75) is 65.0 Å². The van der Waals surface area contributed by atoms with E-state index in [1.165, 1.54) is 6.42 Å². The van der Waals surface area contributed by atoms with Gasteiger partial charge in [-0.05, 0) is 69.4 Å². The van der Waals surface area contributed by atoms with Crippen LogP contribution in [0, 0.1) is 13.8 Å². The van der Waals surface area contributed by atoms with E-state index in [0.717, 1.165) is 53.1 Å². The summed E-state index contributed by atoms with van der Waals surface area (Å²) in [5.74, 6) is 1.05. The summed E-state index contributed by atoms with van der Waals surface area (Å²) >= 11 is 0. The van der Waals surface area contributed by atoms with Crippen LogP contribution < -0.4 is 4.90 Å². The number of carbonyl (C=O) groups is 2. The molecule has 3 heterocycles. The average molecular weight is 445 g/mol. The Morgan fingerprint density at radius 1 is 1.12 bits per heavy atom. The first-order valence-electron chi connectivity index (χ1n) is 12.0. The van der Waals surface area contributed by atoms with Crippen LogP contribution in [0.2, 0.25) is 0 Å². The number of amides is 2. The molecule has 2 aliphatic heterocycles. The molecule has 3 aromatic rings. The molecule has 2 aromatic carbocycles. The number of anilines is 1. The summed E-state index contributed by atoms with van der Waals surface area (Å²) in [5, 5.41) is 0. The van der Waals surface area contributed by atoms with Crippen molar-refractivity contribution < 1.29 is 9.59 Å². The van der Waals surface area contributed by atoms with Gasteiger partial charge < -0.3 is 14.4 Å². The van der Waals surface area contributed by atoms with Crippen LogP contribution in [0.3, 0.4) is 0 Å². The van der Waals surface area contributed by atoms with E-state index in [9.17, 15) is 9.59 Å². The minimum Gasteiger partial charge on any atom is -0.338 e. The molecule has 5 rings (SSSR count). The second kappa shape index (κ2) is 8.65. The standard InChI is InChI=1S/C27H32N4O2/c1-18-11-12-19(2)24(14-18)30-16-21(15-25(30)32)27-28-22-9-4-5-10-23(22)31(27)17-26(33)29-13-7-6-8-20(29)3/h4-5,9-12,14,20-21H,6-8,13,15-17H2,1-3H3. The Bertz CT molecular complexity index is 1210. The molecule has 6 nitrogen and oxygen atoms in total. The predicted molar refractivity (Wildman–Crippen MR) is 130 cm³/mol. The highest BCUT2D eigenvalue weighted by molar-refractivity contribution is 5.97. The fourth-order valence-electron chi connectivity index (χ4n) is 5.39. The zero-order valence-electron chi connectivity index (χ0n) is 19.8. The van der Waals surface area contributed by atoms with Crippen LogP contribution in [0.5, 0.6) is 0 Å². The van der Waals surface area contributed by atoms with Gasteiger partial charge in [-0.15, -0.1) is 0 Å². The molecule has 2 unspecified atom stereocenters. The third-order valence-electron chi connectivity index (χ3n) is 7.25. The molecule has 2 fully saturated rings. The van der Waals surface area contributed by atoms with E-state index in [0.29, 0.717) is 13.0 Å². The molecular weight excluding hydrogens is 412 g/mol. The number of likely N-dealkylation sites (tertiary alicyclic amines) is 1. The molecule has 2 atom stereocenters. The number of hydrogen-bond acceptors (Lipinski definition) is 3. The van der Waals surface area contributed by atoms with Crippen molar-refractivity contribution in [2.24, 2.45) is 0 Å². The monoisotopic (exact) mass is 444 g/mol. The number of rotatable bonds is 4.